The number of allylic oxidation sites excluding steroid dienone is 1. The molecule has 30 heavy (non-hydrogen) atoms. The summed E-state index contributed by atoms with van der Waals surface area (Å²) in [6.45, 7) is 0. The van der Waals surface area contributed by atoms with E-state index in [0.717, 1.165) is 0 Å². The second-order valence-corrected chi connectivity index (χ2v) is 7.34. The Kier molecular flexibility index (Phi) is 6.41. The zero-order chi connectivity index (χ0) is 21.6. The Morgan fingerprint density at radius 2 is 1.57 bits per heavy atom. The van der Waals surface area contributed by atoms with Gasteiger partial charge >= 0.3 is 7.82 Å². The van der Waals surface area contributed by atoms with Crippen LogP contribution < -0.4 is 9.05 Å². The van der Waals surface area contributed by atoms with Crippen molar-refractivity contribution >= 4 is 25.4 Å². The van der Waals surface area contributed by atoms with Crippen LogP contribution in [-0.4, -0.2) is 15.6 Å². The SMILES string of the molecule is O=C(C=Cc1ccc(OP(=O)(O)Oc2ccccc2)cc1)c1cccc([N+](=O)[O-])c1. The minimum atomic E-state index is -4.36. The topological polar surface area (TPSA) is 116 Å². The lowest BCUT2D eigenvalue weighted by Crippen LogP contribution is -1.99. The predicted octanol–water partition coefficient (Wildman–Crippen LogP) is 5.05. The van der Waals surface area contributed by atoms with Crippen molar-refractivity contribution < 1.29 is 28.2 Å². The van der Waals surface area contributed by atoms with Gasteiger partial charge in [-0.15, -0.1) is 0 Å². The van der Waals surface area contributed by atoms with Gasteiger partial charge in [0.15, 0.2) is 5.78 Å². The fourth-order valence-corrected chi connectivity index (χ4v) is 3.26. The molecule has 0 saturated carbocycles. The van der Waals surface area contributed by atoms with Crippen LogP contribution in [0.2, 0.25) is 0 Å². The lowest BCUT2D eigenvalue weighted by molar-refractivity contribution is -0.384. The van der Waals surface area contributed by atoms with Gasteiger partial charge in [-0.2, -0.15) is 0 Å². The van der Waals surface area contributed by atoms with Crippen LogP contribution in [0.4, 0.5) is 5.69 Å². The van der Waals surface area contributed by atoms with Crippen LogP contribution >= 0.6 is 7.82 Å². The molecule has 0 aliphatic rings. The fraction of sp³-hybridized carbons (Fsp3) is 0. The van der Waals surface area contributed by atoms with Gasteiger partial charge in [-0.05, 0) is 35.9 Å². The molecule has 0 aliphatic carbocycles. The monoisotopic (exact) mass is 425 g/mol. The first kappa shape index (κ1) is 21.0. The Morgan fingerprint density at radius 1 is 0.933 bits per heavy atom. The highest BCUT2D eigenvalue weighted by Gasteiger charge is 2.24. The number of phosphoric acid groups is 1. The Balaban J connectivity index is 1.64. The molecular formula is C21H16NO7P. The van der Waals surface area contributed by atoms with Crippen LogP contribution in [0, 0.1) is 10.1 Å². The zero-order valence-corrected chi connectivity index (χ0v) is 16.3. The number of carbonyl (C=O) groups is 1. The summed E-state index contributed by atoms with van der Waals surface area (Å²) in [5, 5.41) is 10.8. The lowest BCUT2D eigenvalue weighted by atomic mass is 10.1. The van der Waals surface area contributed by atoms with Crippen LogP contribution in [0.3, 0.4) is 0 Å². The smallest absolute Gasteiger partial charge is 0.395 e. The van der Waals surface area contributed by atoms with Gasteiger partial charge in [-0.3, -0.25) is 19.8 Å². The summed E-state index contributed by atoms with van der Waals surface area (Å²) < 4.78 is 22.1. The van der Waals surface area contributed by atoms with Crippen molar-refractivity contribution in [1.82, 2.24) is 0 Å². The number of nitro groups is 1. The molecule has 0 amide bonds. The van der Waals surface area contributed by atoms with Crippen molar-refractivity contribution in [2.75, 3.05) is 0 Å². The van der Waals surface area contributed by atoms with E-state index >= 15 is 0 Å². The summed E-state index contributed by atoms with van der Waals surface area (Å²) in [7, 11) is -4.36. The van der Waals surface area contributed by atoms with Crippen molar-refractivity contribution in [1.29, 1.82) is 0 Å². The zero-order valence-electron chi connectivity index (χ0n) is 15.5. The number of para-hydroxylation sites is 1. The highest BCUT2D eigenvalue weighted by Crippen LogP contribution is 2.44. The van der Waals surface area contributed by atoms with Gasteiger partial charge in [0.25, 0.3) is 5.69 Å². The molecular weight excluding hydrogens is 409 g/mol. The number of non-ortho nitro benzene ring substituents is 1. The molecule has 0 saturated heterocycles. The maximum absolute atomic E-state index is 12.2. The van der Waals surface area contributed by atoms with E-state index in [4.69, 9.17) is 9.05 Å². The largest absolute Gasteiger partial charge is 0.584 e. The Hall–Kier alpha value is -3.74. The maximum Gasteiger partial charge on any atom is 0.584 e. The summed E-state index contributed by atoms with van der Waals surface area (Å²) in [6.07, 6.45) is 2.80. The van der Waals surface area contributed by atoms with Crippen LogP contribution in [0.25, 0.3) is 6.08 Å². The number of rotatable bonds is 8. The Bertz CT molecular complexity index is 1130. The van der Waals surface area contributed by atoms with Gasteiger partial charge in [-0.1, -0.05) is 48.5 Å². The van der Waals surface area contributed by atoms with E-state index in [1.807, 2.05) is 0 Å². The second-order valence-electron chi connectivity index (χ2n) is 6.04. The molecule has 0 aliphatic heterocycles. The van der Waals surface area contributed by atoms with Crippen molar-refractivity contribution in [2.24, 2.45) is 0 Å². The van der Waals surface area contributed by atoms with Gasteiger partial charge in [0.1, 0.15) is 11.5 Å². The number of ketones is 1. The fourth-order valence-electron chi connectivity index (χ4n) is 2.45. The van der Waals surface area contributed by atoms with E-state index in [1.54, 1.807) is 30.3 Å². The molecule has 0 radical (unpaired) electrons. The quantitative estimate of drug-likeness (QED) is 0.176. The lowest BCUT2D eigenvalue weighted by Gasteiger charge is -2.13. The van der Waals surface area contributed by atoms with Crippen molar-refractivity contribution in [2.45, 2.75) is 0 Å². The maximum atomic E-state index is 12.2. The van der Waals surface area contributed by atoms with E-state index in [9.17, 15) is 24.4 Å². The second kappa shape index (κ2) is 9.17. The third-order valence-corrected chi connectivity index (χ3v) is 4.72. The number of hydrogen-bond acceptors (Lipinski definition) is 6. The molecule has 3 rings (SSSR count). The van der Waals surface area contributed by atoms with E-state index in [1.165, 1.54) is 60.7 Å². The van der Waals surface area contributed by atoms with E-state index in [-0.39, 0.29) is 22.7 Å². The van der Waals surface area contributed by atoms with Gasteiger partial charge in [0, 0.05) is 17.7 Å². The number of hydrogen-bond donors (Lipinski definition) is 1. The van der Waals surface area contributed by atoms with Crippen LogP contribution in [-0.2, 0) is 4.57 Å². The predicted molar refractivity (Wildman–Crippen MR) is 110 cm³/mol. The summed E-state index contributed by atoms with van der Waals surface area (Å²) in [5.74, 6) is -0.0865. The number of carbonyl (C=O) groups excluding carboxylic acids is 1. The van der Waals surface area contributed by atoms with Crippen LogP contribution in [0.15, 0.2) is 84.9 Å². The van der Waals surface area contributed by atoms with Gasteiger partial charge in [0.2, 0.25) is 0 Å². The molecule has 3 aromatic rings. The van der Waals surface area contributed by atoms with Crippen LogP contribution in [0.5, 0.6) is 11.5 Å². The first-order chi connectivity index (χ1) is 14.3. The molecule has 8 nitrogen and oxygen atoms in total. The highest BCUT2D eigenvalue weighted by molar-refractivity contribution is 7.48. The Labute approximate surface area is 171 Å². The van der Waals surface area contributed by atoms with E-state index in [2.05, 4.69) is 0 Å². The average Bonchev–Trinajstić information content (AvgIpc) is 2.73. The number of benzene rings is 3. The number of nitrogens with zero attached hydrogens (tertiary/aromatic N) is 1. The number of nitro benzene ring substituents is 1. The molecule has 0 fully saturated rings. The molecule has 9 heteroatoms. The highest BCUT2D eigenvalue weighted by atomic mass is 31.2. The molecule has 0 aromatic heterocycles. The molecule has 1 N–H and O–H groups in total. The minimum Gasteiger partial charge on any atom is -0.395 e. The molecule has 152 valence electrons. The summed E-state index contributed by atoms with van der Waals surface area (Å²) in [6, 6.07) is 19.6. The van der Waals surface area contributed by atoms with Gasteiger partial charge < -0.3 is 9.05 Å². The molecule has 3 aromatic carbocycles. The summed E-state index contributed by atoms with van der Waals surface area (Å²) in [5.41, 5.74) is 0.652. The molecule has 0 heterocycles. The van der Waals surface area contributed by atoms with E-state index in [0.29, 0.717) is 5.56 Å². The van der Waals surface area contributed by atoms with Crippen LogP contribution in [0.1, 0.15) is 15.9 Å². The molecule has 1 atom stereocenters. The normalized spacial score (nSPS) is 12.8. The average molecular weight is 425 g/mol. The standard InChI is InChI=1S/C21H16NO7P/c23-21(17-5-4-6-18(15-17)22(24)25)14-11-16-9-12-20(13-10-16)29-30(26,27)28-19-7-2-1-3-8-19/h1-15H,(H,26,27). The first-order valence-electron chi connectivity index (χ1n) is 8.66. The molecule has 0 spiro atoms. The third kappa shape index (κ3) is 5.88. The Morgan fingerprint density at radius 3 is 2.20 bits per heavy atom. The van der Waals surface area contributed by atoms with Crippen molar-refractivity contribution in [3.63, 3.8) is 0 Å². The first-order valence-corrected chi connectivity index (χ1v) is 10.2. The summed E-state index contributed by atoms with van der Waals surface area (Å²) in [4.78, 5) is 32.3. The molecule has 1 unspecified atom stereocenters. The molecule has 0 bridgehead atoms. The summed E-state index contributed by atoms with van der Waals surface area (Å²) >= 11 is 0. The van der Waals surface area contributed by atoms with Gasteiger partial charge in [0.05, 0.1) is 4.92 Å². The van der Waals surface area contributed by atoms with Crippen molar-refractivity contribution in [3.05, 3.63) is 106 Å². The van der Waals surface area contributed by atoms with Crippen molar-refractivity contribution in [3.8, 4) is 11.5 Å². The minimum absolute atomic E-state index is 0.110. The van der Waals surface area contributed by atoms with Gasteiger partial charge in [-0.25, -0.2) is 4.57 Å². The van der Waals surface area contributed by atoms with E-state index < -0.39 is 18.5 Å². The third-order valence-electron chi connectivity index (χ3n) is 3.83. The number of phosphoric ester groups is 1.